The lowest BCUT2D eigenvalue weighted by Gasteiger charge is -2.39. The molecule has 5 unspecified atom stereocenters. The van der Waals surface area contributed by atoms with Crippen molar-refractivity contribution < 1.29 is 58.7 Å². The van der Waals surface area contributed by atoms with E-state index in [1.165, 1.54) is 39.5 Å². The molecule has 0 amide bonds. The molecule has 37 heavy (non-hydrogen) atoms. The average Bonchev–Trinajstić information content (AvgIpc) is 2.89. The maximum absolute atomic E-state index is 13.1. The number of aliphatic hydroxyl groups is 4. The molecule has 13 nitrogen and oxygen atoms in total. The van der Waals surface area contributed by atoms with Crippen LogP contribution in [0.2, 0.25) is 0 Å². The van der Waals surface area contributed by atoms with E-state index in [0.29, 0.717) is 5.56 Å². The fourth-order valence-electron chi connectivity index (χ4n) is 4.04. The van der Waals surface area contributed by atoms with Crippen molar-refractivity contribution in [1.82, 2.24) is 0 Å². The van der Waals surface area contributed by atoms with Crippen molar-refractivity contribution in [1.29, 1.82) is 0 Å². The van der Waals surface area contributed by atoms with Crippen LogP contribution in [0.15, 0.2) is 33.5 Å². The van der Waals surface area contributed by atoms with E-state index in [1.54, 1.807) is 0 Å². The van der Waals surface area contributed by atoms with Gasteiger partial charge < -0.3 is 58.7 Å². The van der Waals surface area contributed by atoms with Crippen LogP contribution in [-0.2, 0) is 4.74 Å². The number of methoxy groups -OCH3 is 3. The third-order valence-electron chi connectivity index (χ3n) is 5.97. The zero-order valence-electron chi connectivity index (χ0n) is 19.9. The fraction of sp³-hybridized carbons (Fsp3) is 0.375. The van der Waals surface area contributed by atoms with Gasteiger partial charge in [0, 0.05) is 11.6 Å². The smallest absolute Gasteiger partial charge is 0.229 e. The Morgan fingerprint density at radius 1 is 0.892 bits per heavy atom. The van der Waals surface area contributed by atoms with E-state index >= 15 is 0 Å². The Balaban J connectivity index is 1.91. The summed E-state index contributed by atoms with van der Waals surface area (Å²) in [7, 11) is 3.76. The van der Waals surface area contributed by atoms with Crippen molar-refractivity contribution in [2.45, 2.75) is 30.7 Å². The first-order valence-electron chi connectivity index (χ1n) is 11.0. The van der Waals surface area contributed by atoms with E-state index in [2.05, 4.69) is 0 Å². The van der Waals surface area contributed by atoms with Gasteiger partial charge in [-0.15, -0.1) is 0 Å². The zero-order chi connectivity index (χ0) is 27.0. The topological polar surface area (TPSA) is 198 Å². The van der Waals surface area contributed by atoms with Crippen molar-refractivity contribution in [2.24, 2.45) is 0 Å². The van der Waals surface area contributed by atoms with E-state index < -0.39 is 48.5 Å². The van der Waals surface area contributed by atoms with Crippen LogP contribution in [-0.4, -0.2) is 89.3 Å². The highest BCUT2D eigenvalue weighted by molar-refractivity contribution is 5.95. The van der Waals surface area contributed by atoms with Gasteiger partial charge in [0.25, 0.3) is 0 Å². The van der Waals surface area contributed by atoms with Crippen molar-refractivity contribution in [3.63, 3.8) is 0 Å². The van der Waals surface area contributed by atoms with Crippen LogP contribution in [0.25, 0.3) is 22.3 Å². The number of ether oxygens (including phenoxy) is 5. The third-order valence-corrected chi connectivity index (χ3v) is 5.97. The normalized spacial score (nSPS) is 23.6. The van der Waals surface area contributed by atoms with Crippen LogP contribution in [0.1, 0.15) is 0 Å². The standard InChI is InChI=1S/C24H26O13/c1-32-13-6-9(4-5-10(13)26)12-7-11(27)15-17(29)21(33-2)23(22(34-3)20(15)35-12)37-24-19(31)18(30)16(28)14(8-25)36-24/h4-7,14,16,18-19,24-26,28-31H,8H2,1-3H3. The summed E-state index contributed by atoms with van der Waals surface area (Å²) in [6.45, 7) is -0.698. The minimum absolute atomic E-state index is 0.0254. The van der Waals surface area contributed by atoms with Crippen molar-refractivity contribution in [3.8, 4) is 45.8 Å². The van der Waals surface area contributed by atoms with E-state index in [0.717, 1.165) is 6.07 Å². The molecule has 5 atom stereocenters. The molecule has 0 radical (unpaired) electrons. The first kappa shape index (κ1) is 26.3. The molecule has 13 heteroatoms. The number of hydrogen-bond acceptors (Lipinski definition) is 13. The summed E-state index contributed by atoms with van der Waals surface area (Å²) in [5, 5.41) is 60.5. The van der Waals surface area contributed by atoms with Crippen LogP contribution >= 0.6 is 0 Å². The van der Waals surface area contributed by atoms with Crippen molar-refractivity contribution in [3.05, 3.63) is 34.5 Å². The van der Waals surface area contributed by atoms with Gasteiger partial charge >= 0.3 is 0 Å². The summed E-state index contributed by atoms with van der Waals surface area (Å²) < 4.78 is 32.8. The van der Waals surface area contributed by atoms with Gasteiger partial charge in [-0.05, 0) is 18.2 Å². The number of rotatable bonds is 7. The predicted molar refractivity (Wildman–Crippen MR) is 125 cm³/mol. The second kappa shape index (κ2) is 10.3. The van der Waals surface area contributed by atoms with E-state index in [9.17, 15) is 35.4 Å². The molecule has 2 heterocycles. The fourth-order valence-corrected chi connectivity index (χ4v) is 4.04. The van der Waals surface area contributed by atoms with Crippen molar-refractivity contribution in [2.75, 3.05) is 27.9 Å². The molecular formula is C24H26O13. The summed E-state index contributed by atoms with van der Waals surface area (Å²) in [5.41, 5.74) is -0.575. The number of benzene rings is 2. The molecule has 2 aromatic carbocycles. The maximum Gasteiger partial charge on any atom is 0.229 e. The zero-order valence-corrected chi connectivity index (χ0v) is 19.9. The molecule has 200 valence electrons. The highest BCUT2D eigenvalue weighted by Crippen LogP contribution is 2.51. The summed E-state index contributed by atoms with van der Waals surface area (Å²) in [6, 6.07) is 5.36. The Kier molecular flexibility index (Phi) is 7.34. The van der Waals surface area contributed by atoms with Gasteiger partial charge in [-0.1, -0.05) is 0 Å². The monoisotopic (exact) mass is 522 g/mol. The van der Waals surface area contributed by atoms with Gasteiger partial charge in [0.2, 0.25) is 23.5 Å². The number of phenols is 2. The minimum Gasteiger partial charge on any atom is -0.504 e. The number of phenolic OH excluding ortho intramolecular Hbond substituents is 2. The molecule has 1 fully saturated rings. The molecule has 0 spiro atoms. The molecule has 6 N–H and O–H groups in total. The third kappa shape index (κ3) is 4.47. The molecule has 4 rings (SSSR count). The molecule has 1 aliphatic rings. The van der Waals surface area contributed by atoms with Crippen LogP contribution in [0.4, 0.5) is 0 Å². The van der Waals surface area contributed by atoms with Crippen LogP contribution in [0, 0.1) is 0 Å². The van der Waals surface area contributed by atoms with Crippen LogP contribution < -0.4 is 24.4 Å². The quantitative estimate of drug-likeness (QED) is 0.244. The second-order valence-corrected chi connectivity index (χ2v) is 8.13. The van der Waals surface area contributed by atoms with Crippen LogP contribution in [0.5, 0.6) is 34.5 Å². The molecule has 1 aliphatic heterocycles. The largest absolute Gasteiger partial charge is 0.504 e. The van der Waals surface area contributed by atoms with Gasteiger partial charge in [0.05, 0.1) is 27.9 Å². The molecule has 0 saturated carbocycles. The predicted octanol–water partition coefficient (Wildman–Crippen LogP) is 0.0757. The number of fused-ring (bicyclic) bond motifs is 1. The Morgan fingerprint density at radius 3 is 2.22 bits per heavy atom. The van der Waals surface area contributed by atoms with Gasteiger partial charge in [-0.25, -0.2) is 0 Å². The molecule has 0 aliphatic carbocycles. The van der Waals surface area contributed by atoms with Gasteiger partial charge in [0.1, 0.15) is 35.6 Å². The van der Waals surface area contributed by atoms with Gasteiger partial charge in [0.15, 0.2) is 28.3 Å². The molecule has 1 saturated heterocycles. The Hall–Kier alpha value is -3.75. The number of aromatic hydroxyl groups is 2. The summed E-state index contributed by atoms with van der Waals surface area (Å²) in [5.74, 6) is -1.61. The summed E-state index contributed by atoms with van der Waals surface area (Å²) in [4.78, 5) is 13.1. The Morgan fingerprint density at radius 2 is 1.59 bits per heavy atom. The lowest BCUT2D eigenvalue weighted by Crippen LogP contribution is -2.60. The number of aliphatic hydroxyl groups excluding tert-OH is 4. The highest BCUT2D eigenvalue weighted by atomic mass is 16.7. The van der Waals surface area contributed by atoms with E-state index in [4.69, 9.17) is 28.1 Å². The lowest BCUT2D eigenvalue weighted by atomic mass is 9.99. The van der Waals surface area contributed by atoms with Crippen molar-refractivity contribution >= 4 is 11.0 Å². The first-order chi connectivity index (χ1) is 17.7. The molecule has 1 aromatic heterocycles. The van der Waals surface area contributed by atoms with Gasteiger partial charge in [-0.2, -0.15) is 0 Å². The maximum atomic E-state index is 13.1. The number of hydrogen-bond donors (Lipinski definition) is 6. The van der Waals surface area contributed by atoms with Gasteiger partial charge in [-0.3, -0.25) is 4.79 Å². The molecule has 3 aromatic rings. The summed E-state index contributed by atoms with van der Waals surface area (Å²) in [6.07, 6.45) is -8.09. The van der Waals surface area contributed by atoms with E-state index in [1.807, 2.05) is 0 Å². The second-order valence-electron chi connectivity index (χ2n) is 8.13. The Labute approximate surface area is 209 Å². The highest BCUT2D eigenvalue weighted by Gasteiger charge is 2.45. The SMILES string of the molecule is COc1cc(-c2cc(=O)c3c(O)c(OC)c(OC4OC(CO)C(O)C(O)C4O)c(OC)c3o2)ccc1O. The molecular weight excluding hydrogens is 496 g/mol. The van der Waals surface area contributed by atoms with E-state index in [-0.39, 0.29) is 45.5 Å². The summed E-state index contributed by atoms with van der Waals surface area (Å²) >= 11 is 0. The average molecular weight is 522 g/mol. The molecule has 0 bridgehead atoms. The first-order valence-corrected chi connectivity index (χ1v) is 11.0. The van der Waals surface area contributed by atoms with Crippen LogP contribution in [0.3, 0.4) is 0 Å². The lowest BCUT2D eigenvalue weighted by molar-refractivity contribution is -0.277. The minimum atomic E-state index is -1.78. The Bertz CT molecular complexity index is 1350.